The van der Waals surface area contributed by atoms with Crippen LogP contribution >= 0.6 is 11.8 Å². The third-order valence-corrected chi connectivity index (χ3v) is 2.82. The van der Waals surface area contributed by atoms with Crippen LogP contribution in [0.15, 0.2) is 45.1 Å². The Morgan fingerprint density at radius 1 is 1.56 bits per heavy atom. The van der Waals surface area contributed by atoms with E-state index in [9.17, 15) is 9.18 Å². The smallest absolute Gasteiger partial charge is 0.360 e. The minimum Gasteiger partial charge on any atom is -0.461 e. The van der Waals surface area contributed by atoms with Crippen LogP contribution in [-0.2, 0) is 4.74 Å². The molecular formula is C12H10FNO3S. The van der Waals surface area contributed by atoms with Crippen LogP contribution in [0.2, 0.25) is 0 Å². The van der Waals surface area contributed by atoms with Crippen LogP contribution in [0.25, 0.3) is 0 Å². The van der Waals surface area contributed by atoms with Crippen LogP contribution in [0.3, 0.4) is 0 Å². The Kier molecular flexibility index (Phi) is 3.99. The van der Waals surface area contributed by atoms with Gasteiger partial charge in [0.2, 0.25) is 0 Å². The fourth-order valence-corrected chi connectivity index (χ4v) is 1.99. The number of hydrogen-bond donors (Lipinski definition) is 0. The summed E-state index contributed by atoms with van der Waals surface area (Å²) in [6, 6.07) is 6.03. The SMILES string of the molecule is CCOC(=O)c1coc(Sc2cccc(F)c2)n1. The molecule has 0 amide bonds. The molecule has 0 spiro atoms. The molecule has 0 aliphatic heterocycles. The molecule has 18 heavy (non-hydrogen) atoms. The van der Waals surface area contributed by atoms with E-state index < -0.39 is 5.97 Å². The van der Waals surface area contributed by atoms with Crippen molar-refractivity contribution in [2.75, 3.05) is 6.61 Å². The molecule has 0 aliphatic rings. The first-order chi connectivity index (χ1) is 8.69. The Hall–Kier alpha value is -1.82. The second-order valence-electron chi connectivity index (χ2n) is 3.28. The van der Waals surface area contributed by atoms with Crippen molar-refractivity contribution in [3.05, 3.63) is 42.0 Å². The number of nitrogens with zero attached hydrogens (tertiary/aromatic N) is 1. The number of hydrogen-bond acceptors (Lipinski definition) is 5. The van der Waals surface area contributed by atoms with Gasteiger partial charge in [-0.3, -0.25) is 0 Å². The van der Waals surface area contributed by atoms with Crippen LogP contribution in [0, 0.1) is 5.82 Å². The van der Waals surface area contributed by atoms with E-state index in [4.69, 9.17) is 9.15 Å². The Morgan fingerprint density at radius 2 is 2.39 bits per heavy atom. The molecule has 0 radical (unpaired) electrons. The second-order valence-corrected chi connectivity index (χ2v) is 4.30. The zero-order valence-corrected chi connectivity index (χ0v) is 10.4. The van der Waals surface area contributed by atoms with E-state index in [-0.39, 0.29) is 23.3 Å². The van der Waals surface area contributed by atoms with Gasteiger partial charge in [-0.25, -0.2) is 9.18 Å². The third-order valence-electron chi connectivity index (χ3n) is 1.97. The van der Waals surface area contributed by atoms with Crippen molar-refractivity contribution in [1.82, 2.24) is 4.98 Å². The fourth-order valence-electron chi connectivity index (χ4n) is 1.23. The molecule has 2 aromatic rings. The molecule has 94 valence electrons. The highest BCUT2D eigenvalue weighted by molar-refractivity contribution is 7.99. The number of carbonyl (C=O) groups is 1. The van der Waals surface area contributed by atoms with Crippen molar-refractivity contribution in [2.45, 2.75) is 17.0 Å². The number of halogens is 1. The van der Waals surface area contributed by atoms with Gasteiger partial charge in [0.05, 0.1) is 6.61 Å². The van der Waals surface area contributed by atoms with Gasteiger partial charge in [-0.15, -0.1) is 0 Å². The topological polar surface area (TPSA) is 52.3 Å². The van der Waals surface area contributed by atoms with Crippen molar-refractivity contribution >= 4 is 17.7 Å². The van der Waals surface area contributed by atoms with Crippen molar-refractivity contribution in [1.29, 1.82) is 0 Å². The number of ether oxygens (including phenoxy) is 1. The third kappa shape index (κ3) is 3.10. The molecule has 2 rings (SSSR count). The number of rotatable bonds is 4. The Balaban J connectivity index is 2.09. The van der Waals surface area contributed by atoms with Gasteiger partial charge in [-0.2, -0.15) is 4.98 Å². The number of aromatic nitrogens is 1. The molecule has 1 heterocycles. The van der Waals surface area contributed by atoms with E-state index >= 15 is 0 Å². The average molecular weight is 267 g/mol. The Bertz CT molecular complexity index is 556. The van der Waals surface area contributed by atoms with Gasteiger partial charge >= 0.3 is 5.97 Å². The maximum absolute atomic E-state index is 13.0. The number of esters is 1. The second kappa shape index (κ2) is 5.68. The molecule has 1 aromatic heterocycles. The number of oxazole rings is 1. The summed E-state index contributed by atoms with van der Waals surface area (Å²) in [5.41, 5.74) is 0.107. The summed E-state index contributed by atoms with van der Waals surface area (Å²) in [6.45, 7) is 1.98. The summed E-state index contributed by atoms with van der Waals surface area (Å²) in [5, 5.41) is 0.267. The van der Waals surface area contributed by atoms with Gasteiger partial charge in [0.1, 0.15) is 12.1 Å². The van der Waals surface area contributed by atoms with Gasteiger partial charge in [0.15, 0.2) is 5.69 Å². The summed E-state index contributed by atoms with van der Waals surface area (Å²) in [7, 11) is 0. The minimum atomic E-state index is -0.535. The normalized spacial score (nSPS) is 10.3. The molecule has 0 N–H and O–H groups in total. The highest BCUT2D eigenvalue weighted by atomic mass is 32.2. The first-order valence-electron chi connectivity index (χ1n) is 5.25. The number of benzene rings is 1. The largest absolute Gasteiger partial charge is 0.461 e. The summed E-state index contributed by atoms with van der Waals surface area (Å²) < 4.78 is 22.8. The first kappa shape index (κ1) is 12.6. The van der Waals surface area contributed by atoms with E-state index in [0.717, 1.165) is 11.8 Å². The monoisotopic (exact) mass is 267 g/mol. The molecule has 0 saturated carbocycles. The molecule has 0 fully saturated rings. The maximum Gasteiger partial charge on any atom is 0.360 e. The van der Waals surface area contributed by atoms with Crippen molar-refractivity contribution in [3.8, 4) is 0 Å². The summed E-state index contributed by atoms with van der Waals surface area (Å²) in [5.74, 6) is -0.871. The Labute approximate surface area is 107 Å². The summed E-state index contributed by atoms with van der Waals surface area (Å²) >= 11 is 1.13. The van der Waals surface area contributed by atoms with Crippen LogP contribution in [0.1, 0.15) is 17.4 Å². The standard InChI is InChI=1S/C12H10FNO3S/c1-2-16-11(15)10-7-17-12(14-10)18-9-5-3-4-8(13)6-9/h3-7H,2H2,1H3. The molecular weight excluding hydrogens is 257 g/mol. The lowest BCUT2D eigenvalue weighted by atomic mass is 10.4. The molecule has 0 aliphatic carbocycles. The van der Waals surface area contributed by atoms with E-state index in [2.05, 4.69) is 4.98 Å². The van der Waals surface area contributed by atoms with E-state index in [1.54, 1.807) is 19.1 Å². The fraction of sp³-hybridized carbons (Fsp3) is 0.167. The van der Waals surface area contributed by atoms with Gasteiger partial charge in [0.25, 0.3) is 5.22 Å². The molecule has 0 bridgehead atoms. The highest BCUT2D eigenvalue weighted by Gasteiger charge is 2.13. The lowest BCUT2D eigenvalue weighted by Gasteiger charge is -1.96. The number of carbonyl (C=O) groups excluding carboxylic acids is 1. The van der Waals surface area contributed by atoms with Gasteiger partial charge in [0, 0.05) is 4.90 Å². The van der Waals surface area contributed by atoms with E-state index in [0.29, 0.717) is 4.90 Å². The van der Waals surface area contributed by atoms with Crippen molar-refractivity contribution in [3.63, 3.8) is 0 Å². The zero-order chi connectivity index (χ0) is 13.0. The van der Waals surface area contributed by atoms with Gasteiger partial charge in [-0.05, 0) is 36.9 Å². The molecule has 1 aromatic carbocycles. The van der Waals surface area contributed by atoms with Crippen molar-refractivity contribution < 1.29 is 18.3 Å². The molecule has 0 atom stereocenters. The molecule has 0 unspecified atom stereocenters. The predicted molar refractivity (Wildman–Crippen MR) is 63.0 cm³/mol. The summed E-state index contributed by atoms with van der Waals surface area (Å²) in [6.07, 6.45) is 1.22. The van der Waals surface area contributed by atoms with Crippen LogP contribution in [0.5, 0.6) is 0 Å². The van der Waals surface area contributed by atoms with Crippen LogP contribution in [0.4, 0.5) is 4.39 Å². The maximum atomic E-state index is 13.0. The van der Waals surface area contributed by atoms with Crippen LogP contribution < -0.4 is 0 Å². The Morgan fingerprint density at radius 3 is 3.11 bits per heavy atom. The zero-order valence-electron chi connectivity index (χ0n) is 9.55. The predicted octanol–water partition coefficient (Wildman–Crippen LogP) is 3.14. The van der Waals surface area contributed by atoms with E-state index in [1.807, 2.05) is 0 Å². The first-order valence-corrected chi connectivity index (χ1v) is 6.06. The molecule has 0 saturated heterocycles. The lowest BCUT2D eigenvalue weighted by molar-refractivity contribution is 0.0519. The average Bonchev–Trinajstić information content (AvgIpc) is 2.78. The summed E-state index contributed by atoms with van der Waals surface area (Å²) in [4.78, 5) is 15.9. The van der Waals surface area contributed by atoms with Gasteiger partial charge < -0.3 is 9.15 Å². The van der Waals surface area contributed by atoms with E-state index in [1.165, 1.54) is 18.4 Å². The minimum absolute atomic E-state index is 0.107. The van der Waals surface area contributed by atoms with Crippen LogP contribution in [-0.4, -0.2) is 17.6 Å². The highest BCUT2D eigenvalue weighted by Crippen LogP contribution is 2.27. The van der Waals surface area contributed by atoms with Crippen molar-refractivity contribution in [2.24, 2.45) is 0 Å². The quantitative estimate of drug-likeness (QED) is 0.796. The lowest BCUT2D eigenvalue weighted by Crippen LogP contribution is -2.04. The molecule has 4 nitrogen and oxygen atoms in total. The molecule has 6 heteroatoms. The van der Waals surface area contributed by atoms with Gasteiger partial charge in [-0.1, -0.05) is 6.07 Å².